The van der Waals surface area contributed by atoms with Crippen LogP contribution in [0.5, 0.6) is 5.75 Å². The summed E-state index contributed by atoms with van der Waals surface area (Å²) < 4.78 is 33.0. The quantitative estimate of drug-likeness (QED) is 0.857. The topological polar surface area (TPSA) is 46.6 Å². The van der Waals surface area contributed by atoms with Gasteiger partial charge in [0.1, 0.15) is 16.6 Å². The molecule has 1 aromatic carbocycles. The van der Waals surface area contributed by atoms with E-state index in [0.717, 1.165) is 11.3 Å². The van der Waals surface area contributed by atoms with Crippen LogP contribution in [0, 0.1) is 0 Å². The minimum atomic E-state index is -3.46. The number of ether oxygens (including phenoxy) is 1. The fourth-order valence-corrected chi connectivity index (χ4v) is 5.12. The fraction of sp³-hybridized carbons (Fsp3) is 0.286. The second-order valence-electron chi connectivity index (χ2n) is 4.61. The van der Waals surface area contributed by atoms with E-state index in [2.05, 4.69) is 0 Å². The van der Waals surface area contributed by atoms with Crippen molar-refractivity contribution < 1.29 is 13.2 Å². The van der Waals surface area contributed by atoms with E-state index in [4.69, 9.17) is 4.74 Å². The van der Waals surface area contributed by atoms with Crippen LogP contribution in [-0.4, -0.2) is 25.9 Å². The molecule has 0 aliphatic carbocycles. The summed E-state index contributed by atoms with van der Waals surface area (Å²) >= 11 is 1.24. The lowest BCUT2D eigenvalue weighted by molar-refractivity contribution is 0.278. The molecule has 0 saturated heterocycles. The number of rotatable bonds is 2. The lowest BCUT2D eigenvalue weighted by atomic mass is 10.1. The minimum Gasteiger partial charge on any atom is -0.492 e. The van der Waals surface area contributed by atoms with E-state index in [1.165, 1.54) is 15.6 Å². The number of hydrogen-bond acceptors (Lipinski definition) is 4. The lowest BCUT2D eigenvalue weighted by Crippen LogP contribution is -2.34. The molecular weight excluding hydrogens is 294 g/mol. The number of thiophene rings is 1. The summed E-state index contributed by atoms with van der Waals surface area (Å²) in [5, 5.41) is 1.78. The Kier molecular flexibility index (Phi) is 3.54. The molecule has 4 nitrogen and oxygen atoms in total. The first-order valence-electron chi connectivity index (χ1n) is 6.38. The van der Waals surface area contributed by atoms with Crippen molar-refractivity contribution in [2.75, 3.05) is 13.2 Å². The van der Waals surface area contributed by atoms with Crippen LogP contribution in [-0.2, 0) is 10.0 Å². The van der Waals surface area contributed by atoms with E-state index in [1.807, 2.05) is 31.2 Å². The normalized spacial score (nSPS) is 19.9. The highest BCUT2D eigenvalue weighted by molar-refractivity contribution is 7.91. The summed E-state index contributed by atoms with van der Waals surface area (Å²) in [7, 11) is -3.46. The highest BCUT2D eigenvalue weighted by Gasteiger charge is 2.33. The van der Waals surface area contributed by atoms with E-state index in [1.54, 1.807) is 17.5 Å². The van der Waals surface area contributed by atoms with Crippen LogP contribution in [0.1, 0.15) is 18.5 Å². The molecule has 1 unspecified atom stereocenters. The number of benzene rings is 1. The Balaban J connectivity index is 2.04. The molecule has 0 amide bonds. The maximum Gasteiger partial charge on any atom is 0.253 e. The Bertz CT molecular complexity index is 695. The van der Waals surface area contributed by atoms with Gasteiger partial charge in [0, 0.05) is 12.1 Å². The molecule has 1 aliphatic heterocycles. The average Bonchev–Trinajstić information content (AvgIpc) is 2.92. The van der Waals surface area contributed by atoms with E-state index in [-0.39, 0.29) is 6.04 Å². The van der Waals surface area contributed by atoms with Gasteiger partial charge in [-0.2, -0.15) is 4.31 Å². The zero-order chi connectivity index (χ0) is 14.2. The smallest absolute Gasteiger partial charge is 0.253 e. The number of fused-ring (bicyclic) bond motifs is 1. The van der Waals surface area contributed by atoms with Crippen LogP contribution in [0.4, 0.5) is 0 Å². The van der Waals surface area contributed by atoms with E-state index in [9.17, 15) is 8.42 Å². The van der Waals surface area contributed by atoms with Crippen LogP contribution in [0.25, 0.3) is 0 Å². The maximum absolute atomic E-state index is 12.7. The van der Waals surface area contributed by atoms with Gasteiger partial charge in [0.15, 0.2) is 0 Å². The number of sulfonamides is 1. The summed E-state index contributed by atoms with van der Waals surface area (Å²) in [4.78, 5) is 0. The molecule has 0 fully saturated rings. The van der Waals surface area contributed by atoms with Crippen molar-refractivity contribution in [3.63, 3.8) is 0 Å². The lowest BCUT2D eigenvalue weighted by Gasteiger charge is -2.25. The van der Waals surface area contributed by atoms with Crippen LogP contribution >= 0.6 is 11.3 Å². The summed E-state index contributed by atoms with van der Waals surface area (Å²) in [6.45, 7) is 2.63. The van der Waals surface area contributed by atoms with Gasteiger partial charge in [0.25, 0.3) is 10.0 Å². The van der Waals surface area contributed by atoms with Gasteiger partial charge in [-0.15, -0.1) is 11.3 Å². The van der Waals surface area contributed by atoms with Crippen molar-refractivity contribution in [2.45, 2.75) is 17.2 Å². The predicted molar refractivity (Wildman–Crippen MR) is 78.6 cm³/mol. The molecule has 1 aromatic heterocycles. The molecule has 0 N–H and O–H groups in total. The summed E-state index contributed by atoms with van der Waals surface area (Å²) in [5.41, 5.74) is 0.908. The van der Waals surface area contributed by atoms with Gasteiger partial charge in [-0.1, -0.05) is 24.3 Å². The second kappa shape index (κ2) is 5.20. The molecule has 1 atom stereocenters. The maximum atomic E-state index is 12.7. The molecular formula is C14H15NO3S2. The second-order valence-corrected chi connectivity index (χ2v) is 7.68. The van der Waals surface area contributed by atoms with Crippen molar-refractivity contribution in [2.24, 2.45) is 0 Å². The van der Waals surface area contributed by atoms with Gasteiger partial charge in [0.2, 0.25) is 0 Å². The summed E-state index contributed by atoms with van der Waals surface area (Å²) in [6.07, 6.45) is 0. The van der Waals surface area contributed by atoms with Crippen molar-refractivity contribution in [3.05, 3.63) is 47.3 Å². The minimum absolute atomic E-state index is 0.235. The number of hydrogen-bond donors (Lipinski definition) is 0. The third kappa shape index (κ3) is 2.24. The fourth-order valence-electron chi connectivity index (χ4n) is 2.41. The summed E-state index contributed by atoms with van der Waals surface area (Å²) in [6, 6.07) is 10.8. The third-order valence-corrected chi connectivity index (χ3v) is 6.77. The van der Waals surface area contributed by atoms with Crippen LogP contribution in [0.3, 0.4) is 0 Å². The molecule has 106 valence electrons. The Labute approximate surface area is 122 Å². The van der Waals surface area contributed by atoms with Gasteiger partial charge in [-0.3, -0.25) is 0 Å². The van der Waals surface area contributed by atoms with Crippen LogP contribution in [0.2, 0.25) is 0 Å². The zero-order valence-electron chi connectivity index (χ0n) is 11.0. The predicted octanol–water partition coefficient (Wildman–Crippen LogP) is 2.89. The summed E-state index contributed by atoms with van der Waals surface area (Å²) in [5.74, 6) is 0.767. The molecule has 0 spiro atoms. The van der Waals surface area contributed by atoms with Crippen LogP contribution in [0.15, 0.2) is 46.0 Å². The number of nitrogens with zero attached hydrogens (tertiary/aromatic N) is 1. The first-order chi connectivity index (χ1) is 9.60. The van der Waals surface area contributed by atoms with Gasteiger partial charge in [-0.25, -0.2) is 8.42 Å². The van der Waals surface area contributed by atoms with E-state index >= 15 is 0 Å². The first-order valence-corrected chi connectivity index (χ1v) is 8.70. The van der Waals surface area contributed by atoms with Gasteiger partial charge >= 0.3 is 0 Å². The molecule has 20 heavy (non-hydrogen) atoms. The molecule has 0 radical (unpaired) electrons. The zero-order valence-corrected chi connectivity index (χ0v) is 12.7. The van der Waals surface area contributed by atoms with Crippen molar-refractivity contribution >= 4 is 21.4 Å². The standard InChI is InChI=1S/C14H15NO3S2/c1-11-12-5-2-3-6-13(12)18-9-8-15(11)20(16,17)14-7-4-10-19-14/h2-7,10-11H,8-9H2,1H3. The third-order valence-electron chi connectivity index (χ3n) is 3.43. The molecule has 6 heteroatoms. The SMILES string of the molecule is CC1c2ccccc2OCCN1S(=O)(=O)c1cccs1. The van der Waals surface area contributed by atoms with Crippen molar-refractivity contribution in [1.82, 2.24) is 4.31 Å². The Morgan fingerprint density at radius 1 is 1.25 bits per heavy atom. The van der Waals surface area contributed by atoms with Crippen molar-refractivity contribution in [3.8, 4) is 5.75 Å². The number of para-hydroxylation sites is 1. The molecule has 0 bridgehead atoms. The van der Waals surface area contributed by atoms with Gasteiger partial charge < -0.3 is 4.74 Å². The van der Waals surface area contributed by atoms with Gasteiger partial charge in [0.05, 0.1) is 6.04 Å². The van der Waals surface area contributed by atoms with E-state index < -0.39 is 10.0 Å². The highest BCUT2D eigenvalue weighted by Crippen LogP contribution is 2.35. The molecule has 2 aromatic rings. The van der Waals surface area contributed by atoms with E-state index in [0.29, 0.717) is 17.4 Å². The molecule has 2 heterocycles. The Hall–Kier alpha value is -1.37. The van der Waals surface area contributed by atoms with Crippen molar-refractivity contribution in [1.29, 1.82) is 0 Å². The highest BCUT2D eigenvalue weighted by atomic mass is 32.2. The average molecular weight is 309 g/mol. The largest absolute Gasteiger partial charge is 0.492 e. The monoisotopic (exact) mass is 309 g/mol. The van der Waals surface area contributed by atoms with Gasteiger partial charge in [-0.05, 0) is 24.4 Å². The van der Waals surface area contributed by atoms with Crippen LogP contribution < -0.4 is 4.74 Å². The molecule has 0 saturated carbocycles. The Morgan fingerprint density at radius 2 is 2.05 bits per heavy atom. The molecule has 1 aliphatic rings. The first kappa shape index (κ1) is 13.6. The Morgan fingerprint density at radius 3 is 2.80 bits per heavy atom. The molecule has 3 rings (SSSR count).